The van der Waals surface area contributed by atoms with Crippen LogP contribution in [0.15, 0.2) is 23.2 Å². The van der Waals surface area contributed by atoms with Gasteiger partial charge in [-0.05, 0) is 47.6 Å². The lowest BCUT2D eigenvalue weighted by molar-refractivity contribution is 0.124. The van der Waals surface area contributed by atoms with Crippen LogP contribution in [0.1, 0.15) is 47.2 Å². The molecule has 0 fully saturated rings. The summed E-state index contributed by atoms with van der Waals surface area (Å²) >= 11 is 0. The van der Waals surface area contributed by atoms with E-state index in [-0.39, 0.29) is 11.1 Å². The first kappa shape index (κ1) is 16.3. The Kier molecular flexibility index (Phi) is 4.98. The van der Waals surface area contributed by atoms with Gasteiger partial charge in [0.25, 0.3) is 0 Å². The average Bonchev–Trinajstić information content (AvgIpc) is 2.22. The third-order valence-corrected chi connectivity index (χ3v) is 2.11. The van der Waals surface area contributed by atoms with E-state index in [9.17, 15) is 0 Å². The Hall–Kier alpha value is -1.78. The molecule has 1 aromatic heterocycles. The van der Waals surface area contributed by atoms with Gasteiger partial charge in [0, 0.05) is 11.6 Å². The van der Waals surface area contributed by atoms with E-state index in [0.717, 1.165) is 5.69 Å². The van der Waals surface area contributed by atoms with Crippen molar-refractivity contribution in [2.24, 2.45) is 10.7 Å². The molecule has 5 heteroatoms. The maximum atomic E-state index is 5.83. The van der Waals surface area contributed by atoms with Crippen molar-refractivity contribution in [3.05, 3.63) is 23.9 Å². The minimum absolute atomic E-state index is 0.0990. The molecule has 5 nitrogen and oxygen atoms in total. The highest BCUT2D eigenvalue weighted by atomic mass is 16.5. The maximum Gasteiger partial charge on any atom is 0.214 e. The second-order valence-electron chi connectivity index (χ2n) is 6.76. The van der Waals surface area contributed by atoms with E-state index in [1.54, 1.807) is 0 Å². The molecule has 0 atom stereocenters. The van der Waals surface area contributed by atoms with Crippen LogP contribution in [0.2, 0.25) is 0 Å². The minimum atomic E-state index is -0.262. The summed E-state index contributed by atoms with van der Waals surface area (Å²) in [5, 5.41) is 3.11. The normalized spacial score (nSPS) is 13.2. The van der Waals surface area contributed by atoms with Gasteiger partial charge < -0.3 is 15.8 Å². The number of hydrogen-bond acceptors (Lipinski definition) is 3. The van der Waals surface area contributed by atoms with Gasteiger partial charge >= 0.3 is 0 Å². The lowest BCUT2D eigenvalue weighted by Gasteiger charge is -2.21. The molecular formula is C15H26N4O. The number of guanidine groups is 1. The van der Waals surface area contributed by atoms with Crippen molar-refractivity contribution in [3.8, 4) is 5.88 Å². The molecular weight excluding hydrogens is 252 g/mol. The van der Waals surface area contributed by atoms with Crippen molar-refractivity contribution in [1.29, 1.82) is 0 Å². The molecule has 0 amide bonds. The summed E-state index contributed by atoms with van der Waals surface area (Å²) in [6.07, 6.45) is 0. The van der Waals surface area contributed by atoms with E-state index in [4.69, 9.17) is 10.5 Å². The van der Waals surface area contributed by atoms with E-state index in [2.05, 4.69) is 15.3 Å². The molecule has 1 rings (SSSR count). The summed E-state index contributed by atoms with van der Waals surface area (Å²) in [6.45, 7) is 12.5. The summed E-state index contributed by atoms with van der Waals surface area (Å²) in [5.74, 6) is 1.02. The number of rotatable bonds is 3. The number of aromatic nitrogens is 1. The largest absolute Gasteiger partial charge is 0.472 e. The predicted octanol–water partition coefficient (Wildman–Crippen LogP) is 2.46. The summed E-state index contributed by atoms with van der Waals surface area (Å²) in [7, 11) is 0. The Morgan fingerprint density at radius 2 is 1.90 bits per heavy atom. The first-order valence-electron chi connectivity index (χ1n) is 6.78. The Morgan fingerprint density at radius 1 is 1.25 bits per heavy atom. The smallest absolute Gasteiger partial charge is 0.214 e. The van der Waals surface area contributed by atoms with Crippen LogP contribution in [0.5, 0.6) is 5.88 Å². The molecule has 0 saturated heterocycles. The fourth-order valence-electron chi connectivity index (χ4n) is 1.51. The zero-order chi connectivity index (χ0) is 15.4. The number of nitrogens with two attached hydrogens (primary N) is 1. The molecule has 0 aliphatic carbocycles. The van der Waals surface area contributed by atoms with Crippen molar-refractivity contribution < 1.29 is 4.74 Å². The molecule has 1 heterocycles. The van der Waals surface area contributed by atoms with Crippen molar-refractivity contribution in [3.63, 3.8) is 0 Å². The molecule has 0 unspecified atom stereocenters. The monoisotopic (exact) mass is 278 g/mol. The summed E-state index contributed by atoms with van der Waals surface area (Å²) < 4.78 is 5.72. The molecule has 0 bridgehead atoms. The Bertz CT molecular complexity index is 469. The van der Waals surface area contributed by atoms with Crippen LogP contribution in [0.25, 0.3) is 0 Å². The maximum absolute atomic E-state index is 5.83. The van der Waals surface area contributed by atoms with Crippen LogP contribution in [0.4, 0.5) is 0 Å². The van der Waals surface area contributed by atoms with E-state index >= 15 is 0 Å². The van der Waals surface area contributed by atoms with Gasteiger partial charge in [0.05, 0.1) is 12.2 Å². The number of nitrogens with one attached hydrogen (secondary N) is 1. The third-order valence-electron chi connectivity index (χ3n) is 2.11. The van der Waals surface area contributed by atoms with Gasteiger partial charge in [-0.3, -0.25) is 0 Å². The molecule has 0 aliphatic heterocycles. The minimum Gasteiger partial charge on any atom is -0.472 e. The molecule has 1 aromatic rings. The van der Waals surface area contributed by atoms with Gasteiger partial charge in [0.2, 0.25) is 5.88 Å². The first-order valence-corrected chi connectivity index (χ1v) is 6.78. The van der Waals surface area contributed by atoms with Gasteiger partial charge in [-0.25, -0.2) is 9.98 Å². The molecule has 0 spiro atoms. The zero-order valence-electron chi connectivity index (χ0n) is 13.3. The third kappa shape index (κ3) is 6.97. The number of aliphatic imine (C=N–C) groups is 1. The van der Waals surface area contributed by atoms with Gasteiger partial charge in [0.15, 0.2) is 5.96 Å². The Morgan fingerprint density at radius 3 is 2.45 bits per heavy atom. The summed E-state index contributed by atoms with van der Waals surface area (Å²) in [4.78, 5) is 8.70. The second-order valence-corrected chi connectivity index (χ2v) is 6.76. The first-order chi connectivity index (χ1) is 9.05. The molecule has 3 N–H and O–H groups in total. The summed E-state index contributed by atoms with van der Waals surface area (Å²) in [6, 6.07) is 5.66. The standard InChI is InChI=1S/C15H26N4O/c1-14(2,3)19-13(16)17-10-11-8-7-9-12(18-11)20-15(4,5)6/h7-9H,10H2,1-6H3,(H3,16,17,19). The highest BCUT2D eigenvalue weighted by Gasteiger charge is 2.13. The van der Waals surface area contributed by atoms with Gasteiger partial charge in [-0.1, -0.05) is 6.07 Å². The lowest BCUT2D eigenvalue weighted by atomic mass is 10.1. The van der Waals surface area contributed by atoms with Crippen LogP contribution >= 0.6 is 0 Å². The van der Waals surface area contributed by atoms with Crippen molar-refractivity contribution in [2.75, 3.05) is 0 Å². The molecule has 0 radical (unpaired) electrons. The van der Waals surface area contributed by atoms with Crippen molar-refractivity contribution in [1.82, 2.24) is 10.3 Å². The predicted molar refractivity (Wildman–Crippen MR) is 82.8 cm³/mol. The van der Waals surface area contributed by atoms with Crippen LogP contribution in [0.3, 0.4) is 0 Å². The lowest BCUT2D eigenvalue weighted by Crippen LogP contribution is -2.45. The van der Waals surface area contributed by atoms with Gasteiger partial charge in [0.1, 0.15) is 5.60 Å². The molecule has 20 heavy (non-hydrogen) atoms. The van der Waals surface area contributed by atoms with E-state index < -0.39 is 0 Å². The van der Waals surface area contributed by atoms with Crippen LogP contribution in [0, 0.1) is 0 Å². The zero-order valence-corrected chi connectivity index (χ0v) is 13.3. The van der Waals surface area contributed by atoms with E-state index in [0.29, 0.717) is 18.4 Å². The van der Waals surface area contributed by atoms with Gasteiger partial charge in [-0.15, -0.1) is 0 Å². The number of pyridine rings is 1. The highest BCUT2D eigenvalue weighted by Crippen LogP contribution is 2.15. The van der Waals surface area contributed by atoms with Gasteiger partial charge in [-0.2, -0.15) is 0 Å². The molecule has 112 valence electrons. The topological polar surface area (TPSA) is 72.5 Å². The molecule has 0 saturated carbocycles. The fourth-order valence-corrected chi connectivity index (χ4v) is 1.51. The quantitative estimate of drug-likeness (QED) is 0.658. The fraction of sp³-hybridized carbons (Fsp3) is 0.600. The highest BCUT2D eigenvalue weighted by molar-refractivity contribution is 5.78. The average molecular weight is 278 g/mol. The van der Waals surface area contributed by atoms with Crippen LogP contribution in [-0.4, -0.2) is 22.1 Å². The Balaban J connectivity index is 2.69. The number of hydrogen-bond donors (Lipinski definition) is 2. The van der Waals surface area contributed by atoms with Crippen LogP contribution < -0.4 is 15.8 Å². The number of ether oxygens (including phenoxy) is 1. The molecule has 0 aromatic carbocycles. The van der Waals surface area contributed by atoms with Crippen LogP contribution in [-0.2, 0) is 6.54 Å². The van der Waals surface area contributed by atoms with Crippen molar-refractivity contribution in [2.45, 2.75) is 59.2 Å². The second kappa shape index (κ2) is 6.11. The molecule has 0 aliphatic rings. The van der Waals surface area contributed by atoms with E-state index in [1.165, 1.54) is 0 Å². The summed E-state index contributed by atoms with van der Waals surface area (Å²) in [5.41, 5.74) is 6.29. The van der Waals surface area contributed by atoms with E-state index in [1.807, 2.05) is 59.7 Å². The SMILES string of the molecule is CC(C)(C)NC(N)=NCc1cccc(OC(C)(C)C)n1. The number of nitrogens with zero attached hydrogens (tertiary/aromatic N) is 2. The Labute approximate surface area is 121 Å². The van der Waals surface area contributed by atoms with Crippen molar-refractivity contribution >= 4 is 5.96 Å².